The molecule has 0 saturated heterocycles. The molecule has 0 aliphatic heterocycles. The number of hydrogen-bond acceptors (Lipinski definition) is 4. The first-order chi connectivity index (χ1) is 9.01. The summed E-state index contributed by atoms with van der Waals surface area (Å²) >= 11 is 7.54. The quantitative estimate of drug-likeness (QED) is 0.877. The van der Waals surface area contributed by atoms with Gasteiger partial charge in [0.15, 0.2) is 5.16 Å². The van der Waals surface area contributed by atoms with Gasteiger partial charge in [-0.2, -0.15) is 0 Å². The summed E-state index contributed by atoms with van der Waals surface area (Å²) in [4.78, 5) is 10.0. The molecule has 0 atom stereocenters. The van der Waals surface area contributed by atoms with E-state index in [1.807, 2.05) is 39.0 Å². The first kappa shape index (κ1) is 14.3. The van der Waals surface area contributed by atoms with Gasteiger partial charge in [0.25, 0.3) is 0 Å². The van der Waals surface area contributed by atoms with Crippen molar-refractivity contribution >= 4 is 23.4 Å². The summed E-state index contributed by atoms with van der Waals surface area (Å²) in [7, 11) is 0. The maximum Gasteiger partial charge on any atom is 0.192 e. The molecule has 2 N–H and O–H groups in total. The molecule has 0 aliphatic carbocycles. The van der Waals surface area contributed by atoms with Gasteiger partial charge in [-0.15, -0.1) is 0 Å². The molecule has 0 fully saturated rings. The van der Waals surface area contributed by atoms with Crippen LogP contribution in [0.3, 0.4) is 0 Å². The van der Waals surface area contributed by atoms with E-state index in [9.17, 15) is 0 Å². The largest absolute Gasteiger partial charge is 0.326 e. The Balaban J connectivity index is 2.38. The predicted molar refractivity (Wildman–Crippen MR) is 79.7 cm³/mol. The summed E-state index contributed by atoms with van der Waals surface area (Å²) in [6.07, 6.45) is 0. The van der Waals surface area contributed by atoms with E-state index in [0.29, 0.717) is 11.6 Å². The van der Waals surface area contributed by atoms with E-state index >= 15 is 0 Å². The average molecular weight is 294 g/mol. The monoisotopic (exact) mass is 293 g/mol. The van der Waals surface area contributed by atoms with Crippen molar-refractivity contribution in [1.29, 1.82) is 0 Å². The zero-order valence-corrected chi connectivity index (χ0v) is 12.8. The maximum absolute atomic E-state index is 6.03. The van der Waals surface area contributed by atoms with Crippen molar-refractivity contribution in [2.45, 2.75) is 37.4 Å². The Bertz CT molecular complexity index is 591. The Hall–Kier alpha value is -1.10. The van der Waals surface area contributed by atoms with Gasteiger partial charge < -0.3 is 5.73 Å². The van der Waals surface area contributed by atoms with E-state index in [1.54, 1.807) is 0 Å². The molecular formula is C14H16ClN3S. The van der Waals surface area contributed by atoms with Gasteiger partial charge in [0, 0.05) is 27.9 Å². The van der Waals surface area contributed by atoms with E-state index in [2.05, 4.69) is 9.97 Å². The maximum atomic E-state index is 6.03. The number of nitrogens with two attached hydrogens (primary N) is 1. The summed E-state index contributed by atoms with van der Waals surface area (Å²) in [5, 5.41) is 1.43. The lowest BCUT2D eigenvalue weighted by Gasteiger charge is -2.09. The van der Waals surface area contributed by atoms with Gasteiger partial charge in [0.05, 0.1) is 0 Å². The second-order valence-electron chi connectivity index (χ2n) is 4.36. The second-order valence-corrected chi connectivity index (χ2v) is 5.81. The number of aromatic nitrogens is 2. The topological polar surface area (TPSA) is 51.8 Å². The molecule has 1 heterocycles. The Kier molecular flexibility index (Phi) is 4.45. The smallest absolute Gasteiger partial charge is 0.192 e. The molecule has 0 radical (unpaired) electrons. The van der Waals surface area contributed by atoms with Crippen molar-refractivity contribution in [1.82, 2.24) is 9.97 Å². The highest BCUT2D eigenvalue weighted by Gasteiger charge is 2.09. The molecule has 0 aliphatic rings. The van der Waals surface area contributed by atoms with E-state index < -0.39 is 0 Å². The second kappa shape index (κ2) is 5.90. The molecule has 0 bridgehead atoms. The van der Waals surface area contributed by atoms with Gasteiger partial charge in [0.1, 0.15) is 0 Å². The van der Waals surface area contributed by atoms with Gasteiger partial charge in [-0.1, -0.05) is 17.7 Å². The molecule has 3 nitrogen and oxygen atoms in total. The minimum atomic E-state index is 0.476. The van der Waals surface area contributed by atoms with Crippen LogP contribution in [0, 0.1) is 20.8 Å². The van der Waals surface area contributed by atoms with Crippen LogP contribution in [-0.2, 0) is 6.54 Å². The zero-order valence-electron chi connectivity index (χ0n) is 11.2. The van der Waals surface area contributed by atoms with Crippen molar-refractivity contribution in [2.75, 3.05) is 0 Å². The van der Waals surface area contributed by atoms with Crippen molar-refractivity contribution in [3.05, 3.63) is 45.7 Å². The third-order valence-electron chi connectivity index (χ3n) is 3.06. The number of hydrogen-bond donors (Lipinski definition) is 1. The summed E-state index contributed by atoms with van der Waals surface area (Å²) in [6.45, 7) is 6.50. The zero-order chi connectivity index (χ0) is 14.0. The van der Waals surface area contributed by atoms with Crippen molar-refractivity contribution in [3.8, 4) is 0 Å². The van der Waals surface area contributed by atoms with Gasteiger partial charge in [-0.05, 0) is 55.8 Å². The summed E-state index contributed by atoms with van der Waals surface area (Å²) in [5.41, 5.74) is 9.94. The molecule has 1 aromatic carbocycles. The van der Waals surface area contributed by atoms with E-state index in [0.717, 1.165) is 32.6 Å². The molecular weight excluding hydrogens is 278 g/mol. The van der Waals surface area contributed by atoms with Crippen LogP contribution in [0.1, 0.15) is 22.5 Å². The lowest BCUT2D eigenvalue weighted by molar-refractivity contribution is 0.879. The molecule has 5 heteroatoms. The Morgan fingerprint density at radius 1 is 1.16 bits per heavy atom. The summed E-state index contributed by atoms with van der Waals surface area (Å²) in [6, 6.07) is 5.70. The minimum Gasteiger partial charge on any atom is -0.326 e. The third kappa shape index (κ3) is 3.26. The van der Waals surface area contributed by atoms with Crippen molar-refractivity contribution in [2.24, 2.45) is 5.73 Å². The van der Waals surface area contributed by atoms with Gasteiger partial charge in [-0.25, -0.2) is 9.97 Å². The van der Waals surface area contributed by atoms with Crippen LogP contribution < -0.4 is 5.73 Å². The van der Waals surface area contributed by atoms with Crippen LogP contribution in [0.5, 0.6) is 0 Å². The molecule has 0 spiro atoms. The normalized spacial score (nSPS) is 10.8. The molecule has 19 heavy (non-hydrogen) atoms. The molecule has 0 unspecified atom stereocenters. The summed E-state index contributed by atoms with van der Waals surface area (Å²) in [5.74, 6) is 0. The fourth-order valence-electron chi connectivity index (χ4n) is 1.68. The third-order valence-corrected chi connectivity index (χ3v) is 4.26. The van der Waals surface area contributed by atoms with E-state index in [4.69, 9.17) is 17.3 Å². The fraction of sp³-hybridized carbons (Fsp3) is 0.286. The van der Waals surface area contributed by atoms with Crippen molar-refractivity contribution in [3.63, 3.8) is 0 Å². The van der Waals surface area contributed by atoms with Crippen LogP contribution in [0.4, 0.5) is 0 Å². The van der Waals surface area contributed by atoms with Crippen LogP contribution in [0.25, 0.3) is 0 Å². The SMILES string of the molecule is Cc1nc(Sc2cc(Cl)ccc2CN)nc(C)c1C. The highest BCUT2D eigenvalue weighted by atomic mass is 35.5. The molecule has 0 saturated carbocycles. The molecule has 0 amide bonds. The lowest BCUT2D eigenvalue weighted by Crippen LogP contribution is -2.00. The highest BCUT2D eigenvalue weighted by molar-refractivity contribution is 7.99. The number of benzene rings is 1. The van der Waals surface area contributed by atoms with E-state index in [1.165, 1.54) is 11.8 Å². The van der Waals surface area contributed by atoms with Crippen LogP contribution in [0.15, 0.2) is 28.3 Å². The average Bonchev–Trinajstić information content (AvgIpc) is 2.36. The predicted octanol–water partition coefficient (Wildman–Crippen LogP) is 3.67. The highest BCUT2D eigenvalue weighted by Crippen LogP contribution is 2.31. The Morgan fingerprint density at radius 3 is 2.37 bits per heavy atom. The minimum absolute atomic E-state index is 0.476. The van der Waals surface area contributed by atoms with Crippen LogP contribution in [-0.4, -0.2) is 9.97 Å². The van der Waals surface area contributed by atoms with Gasteiger partial charge in [-0.3, -0.25) is 0 Å². The lowest BCUT2D eigenvalue weighted by atomic mass is 10.2. The first-order valence-corrected chi connectivity index (χ1v) is 7.19. The number of rotatable bonds is 3. The first-order valence-electron chi connectivity index (χ1n) is 5.99. The number of halogens is 1. The van der Waals surface area contributed by atoms with Crippen LogP contribution >= 0.6 is 23.4 Å². The molecule has 2 aromatic rings. The molecule has 100 valence electrons. The number of nitrogens with zero attached hydrogens (tertiary/aromatic N) is 2. The molecule has 2 rings (SSSR count). The fourth-order valence-corrected chi connectivity index (χ4v) is 2.94. The van der Waals surface area contributed by atoms with Crippen LogP contribution in [0.2, 0.25) is 5.02 Å². The Labute approximate surface area is 122 Å². The molecule has 1 aromatic heterocycles. The van der Waals surface area contributed by atoms with E-state index in [-0.39, 0.29) is 0 Å². The standard InChI is InChI=1S/C14H16ClN3S/c1-8-9(2)17-14(18-10(8)3)19-13-6-12(15)5-4-11(13)7-16/h4-6H,7,16H2,1-3H3. The van der Waals surface area contributed by atoms with Gasteiger partial charge in [0.2, 0.25) is 0 Å². The number of aryl methyl sites for hydroxylation is 2. The Morgan fingerprint density at radius 2 is 1.79 bits per heavy atom. The van der Waals surface area contributed by atoms with Crippen molar-refractivity contribution < 1.29 is 0 Å². The summed E-state index contributed by atoms with van der Waals surface area (Å²) < 4.78 is 0. The van der Waals surface area contributed by atoms with Gasteiger partial charge >= 0.3 is 0 Å².